The maximum Gasteiger partial charge on any atom is 0.248 e. The number of thiazole rings is 1. The molecular weight excluding hydrogens is 254 g/mol. The highest BCUT2D eigenvalue weighted by Crippen LogP contribution is 2.38. The molecule has 102 valence electrons. The zero-order valence-electron chi connectivity index (χ0n) is 10.7. The van der Waals surface area contributed by atoms with Gasteiger partial charge in [0, 0.05) is 30.7 Å². The molecule has 0 radical (unpaired) electrons. The van der Waals surface area contributed by atoms with Gasteiger partial charge in [-0.05, 0) is 32.1 Å². The Kier molecular flexibility index (Phi) is 4.33. The molecule has 1 aromatic rings. The predicted molar refractivity (Wildman–Crippen MR) is 70.1 cm³/mol. The Labute approximate surface area is 111 Å². The zero-order chi connectivity index (χ0) is 13.2. The molecule has 0 amide bonds. The van der Waals surface area contributed by atoms with Gasteiger partial charge in [-0.15, -0.1) is 11.3 Å². The van der Waals surface area contributed by atoms with Gasteiger partial charge in [-0.2, -0.15) is 0 Å². The molecular formula is C13H20F2N2S. The van der Waals surface area contributed by atoms with Crippen molar-refractivity contribution in [1.29, 1.82) is 0 Å². The summed E-state index contributed by atoms with van der Waals surface area (Å²) in [6.07, 6.45) is 2.96. The van der Waals surface area contributed by atoms with E-state index in [0.29, 0.717) is 19.3 Å². The number of hydrogen-bond acceptors (Lipinski definition) is 3. The maximum atomic E-state index is 13.3. The van der Waals surface area contributed by atoms with E-state index < -0.39 is 5.92 Å². The molecule has 1 aromatic heterocycles. The molecule has 5 heteroatoms. The topological polar surface area (TPSA) is 38.9 Å². The van der Waals surface area contributed by atoms with Crippen LogP contribution in [0.5, 0.6) is 0 Å². The summed E-state index contributed by atoms with van der Waals surface area (Å²) in [5.74, 6) is -2.40. The predicted octanol–water partition coefficient (Wildman–Crippen LogP) is 3.54. The Hall–Kier alpha value is -0.550. The molecule has 0 spiro atoms. The SMILES string of the molecule is Cc1nc(CC(N)CC2CCCC(F)(F)C2)cs1. The number of alkyl halides is 2. The summed E-state index contributed by atoms with van der Waals surface area (Å²) in [6.45, 7) is 1.96. The van der Waals surface area contributed by atoms with E-state index in [-0.39, 0.29) is 24.8 Å². The number of nitrogens with two attached hydrogens (primary N) is 1. The molecule has 0 saturated heterocycles. The van der Waals surface area contributed by atoms with Gasteiger partial charge >= 0.3 is 0 Å². The molecule has 0 aliphatic heterocycles. The summed E-state index contributed by atoms with van der Waals surface area (Å²) >= 11 is 1.61. The highest BCUT2D eigenvalue weighted by atomic mass is 32.1. The average Bonchev–Trinajstić information content (AvgIpc) is 2.62. The first kappa shape index (κ1) is 13.9. The summed E-state index contributed by atoms with van der Waals surface area (Å²) in [4.78, 5) is 4.36. The third-order valence-electron chi connectivity index (χ3n) is 3.52. The quantitative estimate of drug-likeness (QED) is 0.912. The van der Waals surface area contributed by atoms with E-state index in [1.165, 1.54) is 0 Å². The second-order valence-corrected chi connectivity index (χ2v) is 6.44. The third kappa shape index (κ3) is 3.99. The van der Waals surface area contributed by atoms with Crippen LogP contribution in [0.4, 0.5) is 8.78 Å². The Balaban J connectivity index is 1.82. The smallest absolute Gasteiger partial charge is 0.248 e. The number of halogens is 2. The van der Waals surface area contributed by atoms with Gasteiger partial charge in [0.05, 0.1) is 10.7 Å². The monoisotopic (exact) mass is 274 g/mol. The number of aryl methyl sites for hydroxylation is 1. The standard InChI is InChI=1S/C13H20F2N2S/c1-9-17-12(8-18-9)6-11(16)5-10-3-2-4-13(14,15)7-10/h8,10-11H,2-7,16H2,1H3. The van der Waals surface area contributed by atoms with Crippen molar-refractivity contribution in [2.75, 3.05) is 0 Å². The van der Waals surface area contributed by atoms with Crippen LogP contribution in [0.1, 0.15) is 42.8 Å². The van der Waals surface area contributed by atoms with Crippen LogP contribution in [0.2, 0.25) is 0 Å². The summed E-state index contributed by atoms with van der Waals surface area (Å²) in [5.41, 5.74) is 7.05. The normalized spacial score (nSPS) is 25.0. The second-order valence-electron chi connectivity index (χ2n) is 5.38. The molecule has 1 aliphatic carbocycles. The van der Waals surface area contributed by atoms with Gasteiger partial charge in [0.1, 0.15) is 0 Å². The van der Waals surface area contributed by atoms with Crippen LogP contribution in [0.3, 0.4) is 0 Å². The minimum Gasteiger partial charge on any atom is -0.327 e. The van der Waals surface area contributed by atoms with E-state index in [1.54, 1.807) is 11.3 Å². The Morgan fingerprint density at radius 3 is 3.00 bits per heavy atom. The molecule has 2 nitrogen and oxygen atoms in total. The van der Waals surface area contributed by atoms with Crippen LogP contribution in [-0.2, 0) is 6.42 Å². The van der Waals surface area contributed by atoms with Crippen molar-refractivity contribution in [3.05, 3.63) is 16.1 Å². The lowest BCUT2D eigenvalue weighted by molar-refractivity contribution is -0.0542. The first-order valence-electron chi connectivity index (χ1n) is 6.49. The summed E-state index contributed by atoms with van der Waals surface area (Å²) < 4.78 is 26.6. The van der Waals surface area contributed by atoms with Crippen molar-refractivity contribution >= 4 is 11.3 Å². The molecule has 1 saturated carbocycles. The van der Waals surface area contributed by atoms with Crippen LogP contribution in [0.25, 0.3) is 0 Å². The van der Waals surface area contributed by atoms with Crippen molar-refractivity contribution in [3.63, 3.8) is 0 Å². The molecule has 0 aromatic carbocycles. The Bertz CT molecular complexity index is 392. The maximum absolute atomic E-state index is 13.3. The van der Waals surface area contributed by atoms with Crippen LogP contribution in [0.15, 0.2) is 5.38 Å². The fourth-order valence-electron chi connectivity index (χ4n) is 2.76. The molecule has 2 atom stereocenters. The first-order valence-corrected chi connectivity index (χ1v) is 7.37. The van der Waals surface area contributed by atoms with Crippen LogP contribution >= 0.6 is 11.3 Å². The lowest BCUT2D eigenvalue weighted by Gasteiger charge is -2.30. The summed E-state index contributed by atoms with van der Waals surface area (Å²) in [7, 11) is 0. The van der Waals surface area contributed by atoms with Crippen molar-refractivity contribution in [2.45, 2.75) is 57.4 Å². The minimum atomic E-state index is -2.47. The lowest BCUT2D eigenvalue weighted by atomic mass is 9.82. The largest absolute Gasteiger partial charge is 0.327 e. The van der Waals surface area contributed by atoms with Crippen molar-refractivity contribution in [3.8, 4) is 0 Å². The molecule has 2 unspecified atom stereocenters. The van der Waals surface area contributed by atoms with Gasteiger partial charge < -0.3 is 5.73 Å². The number of rotatable bonds is 4. The van der Waals surface area contributed by atoms with Crippen molar-refractivity contribution < 1.29 is 8.78 Å². The van der Waals surface area contributed by atoms with Crippen LogP contribution < -0.4 is 5.73 Å². The average molecular weight is 274 g/mol. The van der Waals surface area contributed by atoms with E-state index in [0.717, 1.165) is 17.1 Å². The highest BCUT2D eigenvalue weighted by Gasteiger charge is 2.36. The second kappa shape index (κ2) is 5.61. The Morgan fingerprint density at radius 1 is 1.61 bits per heavy atom. The highest BCUT2D eigenvalue weighted by molar-refractivity contribution is 7.09. The van der Waals surface area contributed by atoms with E-state index in [4.69, 9.17) is 5.73 Å². The van der Waals surface area contributed by atoms with E-state index in [9.17, 15) is 8.78 Å². The van der Waals surface area contributed by atoms with Crippen LogP contribution in [-0.4, -0.2) is 16.9 Å². The first-order chi connectivity index (χ1) is 8.44. The number of nitrogens with zero attached hydrogens (tertiary/aromatic N) is 1. The molecule has 18 heavy (non-hydrogen) atoms. The third-order valence-corrected chi connectivity index (χ3v) is 4.34. The summed E-state index contributed by atoms with van der Waals surface area (Å²) in [5, 5.41) is 3.03. The van der Waals surface area contributed by atoms with E-state index >= 15 is 0 Å². The fourth-order valence-corrected chi connectivity index (χ4v) is 3.38. The molecule has 0 bridgehead atoms. The number of aromatic nitrogens is 1. The van der Waals surface area contributed by atoms with Gasteiger partial charge in [0.25, 0.3) is 0 Å². The molecule has 2 N–H and O–H groups in total. The van der Waals surface area contributed by atoms with E-state index in [1.807, 2.05) is 12.3 Å². The lowest BCUT2D eigenvalue weighted by Crippen LogP contribution is -2.32. The summed E-state index contributed by atoms with van der Waals surface area (Å²) in [6, 6.07) is -0.0506. The van der Waals surface area contributed by atoms with Crippen LogP contribution in [0, 0.1) is 12.8 Å². The fraction of sp³-hybridized carbons (Fsp3) is 0.769. The van der Waals surface area contributed by atoms with Crippen molar-refractivity contribution in [1.82, 2.24) is 4.98 Å². The number of hydrogen-bond donors (Lipinski definition) is 1. The molecule has 2 rings (SSSR count). The minimum absolute atomic E-state index is 0.0107. The van der Waals surface area contributed by atoms with Crippen molar-refractivity contribution in [2.24, 2.45) is 11.7 Å². The van der Waals surface area contributed by atoms with E-state index in [2.05, 4.69) is 4.98 Å². The van der Waals surface area contributed by atoms with Gasteiger partial charge in [-0.3, -0.25) is 0 Å². The molecule has 1 fully saturated rings. The zero-order valence-corrected chi connectivity index (χ0v) is 11.5. The molecule has 1 heterocycles. The van der Waals surface area contributed by atoms with Gasteiger partial charge in [0.15, 0.2) is 0 Å². The Morgan fingerprint density at radius 2 is 2.39 bits per heavy atom. The van der Waals surface area contributed by atoms with Gasteiger partial charge in [0.2, 0.25) is 5.92 Å². The molecule has 1 aliphatic rings. The van der Waals surface area contributed by atoms with Gasteiger partial charge in [-0.1, -0.05) is 0 Å². The van der Waals surface area contributed by atoms with Gasteiger partial charge in [-0.25, -0.2) is 13.8 Å².